The van der Waals surface area contributed by atoms with Gasteiger partial charge in [0.15, 0.2) is 0 Å². The van der Waals surface area contributed by atoms with Crippen molar-refractivity contribution in [2.75, 3.05) is 0 Å². The van der Waals surface area contributed by atoms with Crippen molar-refractivity contribution in [2.24, 2.45) is 0 Å². The average Bonchev–Trinajstić information content (AvgIpc) is 2.82. The second-order valence-electron chi connectivity index (χ2n) is 3.48. The zero-order chi connectivity index (χ0) is 12.0. The van der Waals surface area contributed by atoms with Gasteiger partial charge in [0.25, 0.3) is 0 Å². The van der Waals surface area contributed by atoms with E-state index in [4.69, 9.17) is 0 Å². The Kier molecular flexibility index (Phi) is 5.26. The molecule has 0 aliphatic heterocycles. The van der Waals surface area contributed by atoms with Crippen LogP contribution in [0, 0.1) is 0 Å². The first kappa shape index (κ1) is 13.0. The van der Waals surface area contributed by atoms with Crippen LogP contribution in [0.5, 0.6) is 0 Å². The Balaban J connectivity index is 2.84. The molecule has 2 nitrogen and oxygen atoms in total. The maximum absolute atomic E-state index is 4.20. The first-order chi connectivity index (χ1) is 7.69. The van der Waals surface area contributed by atoms with Crippen LogP contribution in [-0.2, 0) is 0 Å². The van der Waals surface area contributed by atoms with Gasteiger partial charge >= 0.3 is 0 Å². The van der Waals surface area contributed by atoms with Crippen LogP contribution in [0.3, 0.4) is 0 Å². The van der Waals surface area contributed by atoms with Gasteiger partial charge in [-0.05, 0) is 38.5 Å². The Morgan fingerprint density at radius 2 is 2.19 bits per heavy atom. The van der Waals surface area contributed by atoms with E-state index in [9.17, 15) is 0 Å². The summed E-state index contributed by atoms with van der Waals surface area (Å²) in [7, 11) is 0. The third-order valence-corrected chi connectivity index (χ3v) is 3.34. The molecule has 0 amide bonds. The number of hydrogen-bond donors (Lipinski definition) is 0. The van der Waals surface area contributed by atoms with E-state index in [1.54, 1.807) is 6.20 Å². The monoisotopic (exact) mass is 280 g/mol. The fraction of sp³-hybridized carbons (Fsp3) is 0.308. The first-order valence-electron chi connectivity index (χ1n) is 5.38. The lowest BCUT2D eigenvalue weighted by molar-refractivity contribution is 0.908. The molecule has 0 spiro atoms. The number of allylic oxidation sites excluding steroid dienone is 6. The van der Waals surface area contributed by atoms with Crippen molar-refractivity contribution < 1.29 is 0 Å². The molecule has 1 aromatic heterocycles. The first-order valence-corrected chi connectivity index (χ1v) is 6.18. The summed E-state index contributed by atoms with van der Waals surface area (Å²) >= 11 is 3.56. The summed E-state index contributed by atoms with van der Waals surface area (Å²) in [5.74, 6) is 0. The molecule has 0 radical (unpaired) electrons. The highest BCUT2D eigenvalue weighted by molar-refractivity contribution is 9.11. The molecule has 0 atom stereocenters. The maximum atomic E-state index is 4.20. The fourth-order valence-corrected chi connectivity index (χ4v) is 1.61. The van der Waals surface area contributed by atoms with Crippen molar-refractivity contribution in [3.05, 3.63) is 46.7 Å². The molecule has 1 rings (SSSR count). The van der Waals surface area contributed by atoms with Gasteiger partial charge in [-0.3, -0.25) is 0 Å². The number of aromatic nitrogens is 2. The molecular weight excluding hydrogens is 264 g/mol. The highest BCUT2D eigenvalue weighted by Gasteiger charge is 1.96. The Morgan fingerprint density at radius 1 is 1.44 bits per heavy atom. The van der Waals surface area contributed by atoms with E-state index in [2.05, 4.69) is 47.0 Å². The summed E-state index contributed by atoms with van der Waals surface area (Å²) < 4.78 is 2.99. The minimum atomic E-state index is 1.05. The van der Waals surface area contributed by atoms with Crippen molar-refractivity contribution in [2.45, 2.75) is 27.2 Å². The molecular formula is C13H17BrN2. The largest absolute Gasteiger partial charge is 0.241 e. The second kappa shape index (κ2) is 6.48. The normalized spacial score (nSPS) is 14.4. The molecule has 0 aliphatic rings. The number of rotatable bonds is 4. The van der Waals surface area contributed by atoms with Gasteiger partial charge in [0.2, 0.25) is 0 Å². The molecule has 0 saturated heterocycles. The molecule has 0 aliphatic carbocycles. The lowest BCUT2D eigenvalue weighted by atomic mass is 10.2. The van der Waals surface area contributed by atoms with Crippen LogP contribution in [0.2, 0.25) is 0 Å². The summed E-state index contributed by atoms with van der Waals surface area (Å²) in [4.78, 5) is 0. The van der Waals surface area contributed by atoms with Gasteiger partial charge in [-0.2, -0.15) is 5.10 Å². The van der Waals surface area contributed by atoms with E-state index in [0.717, 1.165) is 16.6 Å². The Morgan fingerprint density at radius 3 is 2.69 bits per heavy atom. The van der Waals surface area contributed by atoms with Crippen molar-refractivity contribution >= 4 is 21.6 Å². The van der Waals surface area contributed by atoms with Gasteiger partial charge in [-0.15, -0.1) is 0 Å². The Labute approximate surface area is 105 Å². The summed E-state index contributed by atoms with van der Waals surface area (Å²) in [5.41, 5.74) is 2.40. The van der Waals surface area contributed by atoms with Crippen LogP contribution >= 0.6 is 15.9 Å². The van der Waals surface area contributed by atoms with Gasteiger partial charge in [-0.1, -0.05) is 34.5 Å². The maximum Gasteiger partial charge on any atom is 0.0603 e. The Hall–Kier alpha value is -1.09. The van der Waals surface area contributed by atoms with Crippen LogP contribution < -0.4 is 0 Å². The molecule has 0 aromatic carbocycles. The lowest BCUT2D eigenvalue weighted by Crippen LogP contribution is -1.93. The van der Waals surface area contributed by atoms with Crippen LogP contribution in [0.15, 0.2) is 46.7 Å². The fourth-order valence-electron chi connectivity index (χ4n) is 1.20. The van der Waals surface area contributed by atoms with E-state index >= 15 is 0 Å². The smallest absolute Gasteiger partial charge is 0.0603 e. The highest BCUT2D eigenvalue weighted by Crippen LogP contribution is 2.17. The molecule has 86 valence electrons. The van der Waals surface area contributed by atoms with E-state index in [0.29, 0.717) is 0 Å². The van der Waals surface area contributed by atoms with Gasteiger partial charge < -0.3 is 0 Å². The summed E-state index contributed by atoms with van der Waals surface area (Å²) in [5, 5.41) is 4.20. The van der Waals surface area contributed by atoms with Crippen LogP contribution in [0.1, 0.15) is 27.2 Å². The predicted molar refractivity (Wildman–Crippen MR) is 73.2 cm³/mol. The molecule has 0 fully saturated rings. The number of nitrogens with zero attached hydrogens (tertiary/aromatic N) is 2. The second-order valence-corrected chi connectivity index (χ2v) is 4.33. The van der Waals surface area contributed by atoms with E-state index < -0.39 is 0 Å². The van der Waals surface area contributed by atoms with E-state index in [1.807, 2.05) is 29.9 Å². The zero-order valence-electron chi connectivity index (χ0n) is 9.94. The van der Waals surface area contributed by atoms with Crippen molar-refractivity contribution in [1.82, 2.24) is 9.78 Å². The van der Waals surface area contributed by atoms with E-state index in [-0.39, 0.29) is 0 Å². The quantitative estimate of drug-likeness (QED) is 0.749. The van der Waals surface area contributed by atoms with Crippen LogP contribution in [-0.4, -0.2) is 9.78 Å². The average molecular weight is 281 g/mol. The van der Waals surface area contributed by atoms with Gasteiger partial charge in [-0.25, -0.2) is 4.68 Å². The molecule has 0 unspecified atom stereocenters. The highest BCUT2D eigenvalue weighted by atomic mass is 79.9. The molecule has 1 heterocycles. The summed E-state index contributed by atoms with van der Waals surface area (Å²) in [6, 6.07) is 1.92. The predicted octanol–water partition coefficient (Wildman–Crippen LogP) is 4.38. The number of halogens is 1. The minimum Gasteiger partial charge on any atom is -0.241 e. The minimum absolute atomic E-state index is 1.05. The molecule has 3 heteroatoms. The topological polar surface area (TPSA) is 17.8 Å². The summed E-state index contributed by atoms with van der Waals surface area (Å²) in [6.45, 7) is 6.28. The van der Waals surface area contributed by atoms with Crippen molar-refractivity contribution in [1.29, 1.82) is 0 Å². The molecule has 16 heavy (non-hydrogen) atoms. The standard InChI is InChI=1S/C13H17BrN2/c1-4-11(3)13(14)8-7-12(5-2)16-10-6-9-15-16/h5-10H,4H2,1-3H3/b8-7-,12-5+,13-11+. The Bertz CT molecular complexity index is 411. The SMILES string of the molecule is C\C=C(/C=C\C(Br)=C(\C)CC)n1cccn1. The third kappa shape index (κ3) is 3.49. The van der Waals surface area contributed by atoms with E-state index in [1.165, 1.54) is 5.57 Å². The lowest BCUT2D eigenvalue weighted by Gasteiger charge is -2.02. The molecule has 1 aromatic rings. The molecule has 0 N–H and O–H groups in total. The number of hydrogen-bond acceptors (Lipinski definition) is 1. The van der Waals surface area contributed by atoms with Gasteiger partial charge in [0.05, 0.1) is 5.70 Å². The van der Waals surface area contributed by atoms with Crippen LogP contribution in [0.4, 0.5) is 0 Å². The van der Waals surface area contributed by atoms with Crippen molar-refractivity contribution in [3.8, 4) is 0 Å². The zero-order valence-corrected chi connectivity index (χ0v) is 11.5. The third-order valence-electron chi connectivity index (χ3n) is 2.40. The van der Waals surface area contributed by atoms with Gasteiger partial charge in [0.1, 0.15) is 0 Å². The summed E-state index contributed by atoms with van der Waals surface area (Å²) in [6.07, 6.45) is 10.9. The molecule has 0 saturated carbocycles. The van der Waals surface area contributed by atoms with Crippen LogP contribution in [0.25, 0.3) is 5.70 Å². The van der Waals surface area contributed by atoms with Gasteiger partial charge in [0, 0.05) is 16.9 Å². The van der Waals surface area contributed by atoms with Crippen molar-refractivity contribution in [3.63, 3.8) is 0 Å². The molecule has 0 bridgehead atoms.